The third-order valence-corrected chi connectivity index (χ3v) is 4.79. The summed E-state index contributed by atoms with van der Waals surface area (Å²) in [6, 6.07) is 13.2. The summed E-state index contributed by atoms with van der Waals surface area (Å²) in [5.74, 6) is -0.150. The molecule has 3 aromatic rings. The molecule has 1 aromatic heterocycles. The lowest BCUT2D eigenvalue weighted by molar-refractivity contribution is -0.136. The first kappa shape index (κ1) is 22.2. The van der Waals surface area contributed by atoms with Crippen molar-refractivity contribution in [1.29, 1.82) is 0 Å². The van der Waals surface area contributed by atoms with Gasteiger partial charge in [-0.1, -0.05) is 23.2 Å². The zero-order valence-corrected chi connectivity index (χ0v) is 18.0. The van der Waals surface area contributed by atoms with E-state index < -0.39 is 11.8 Å². The molecule has 2 N–H and O–H groups in total. The summed E-state index contributed by atoms with van der Waals surface area (Å²) in [7, 11) is 2.92. The molecule has 2 amide bonds. The minimum Gasteiger partial charge on any atom is -0.497 e. The van der Waals surface area contributed by atoms with E-state index in [9.17, 15) is 9.59 Å². The van der Waals surface area contributed by atoms with Gasteiger partial charge in [0.15, 0.2) is 0 Å². The number of hydrazone groups is 1. The SMILES string of the molecule is COc1ccc(OC)c(NC(=O)C(=O)N/N=C/c2ccc(-c3ccc(Cl)c(Cl)c3)o2)c1. The summed E-state index contributed by atoms with van der Waals surface area (Å²) in [5, 5.41) is 7.02. The number of carbonyl (C=O) groups excluding carboxylic acids is 2. The largest absolute Gasteiger partial charge is 0.497 e. The van der Waals surface area contributed by atoms with Gasteiger partial charge in [-0.3, -0.25) is 9.59 Å². The van der Waals surface area contributed by atoms with Crippen LogP contribution in [0.5, 0.6) is 11.5 Å². The van der Waals surface area contributed by atoms with Gasteiger partial charge in [0, 0.05) is 11.6 Å². The van der Waals surface area contributed by atoms with Crippen molar-refractivity contribution in [3.05, 3.63) is 64.3 Å². The molecule has 1 heterocycles. The van der Waals surface area contributed by atoms with Gasteiger partial charge in [0.1, 0.15) is 23.0 Å². The highest BCUT2D eigenvalue weighted by Gasteiger charge is 2.16. The van der Waals surface area contributed by atoms with E-state index in [4.69, 9.17) is 37.1 Å². The summed E-state index contributed by atoms with van der Waals surface area (Å²) >= 11 is 11.9. The third-order valence-electron chi connectivity index (χ3n) is 4.05. The summed E-state index contributed by atoms with van der Waals surface area (Å²) in [6.45, 7) is 0. The van der Waals surface area contributed by atoms with Crippen LogP contribution in [0.25, 0.3) is 11.3 Å². The molecule has 0 fully saturated rings. The zero-order valence-electron chi connectivity index (χ0n) is 16.4. The molecule has 0 unspecified atom stereocenters. The van der Waals surface area contributed by atoms with Crippen LogP contribution in [0.15, 0.2) is 58.0 Å². The average molecular weight is 462 g/mol. The molecule has 0 atom stereocenters. The molecule has 160 valence electrons. The maximum Gasteiger partial charge on any atom is 0.329 e. The quantitative estimate of drug-likeness (QED) is 0.322. The molecule has 0 saturated carbocycles. The van der Waals surface area contributed by atoms with Crippen molar-refractivity contribution >= 4 is 46.9 Å². The number of methoxy groups -OCH3 is 2. The van der Waals surface area contributed by atoms with E-state index in [1.165, 1.54) is 26.5 Å². The Kier molecular flexibility index (Phi) is 7.17. The number of anilines is 1. The lowest BCUT2D eigenvalue weighted by atomic mass is 10.2. The van der Waals surface area contributed by atoms with Gasteiger partial charge >= 0.3 is 11.8 Å². The van der Waals surface area contributed by atoms with Crippen LogP contribution in [0, 0.1) is 0 Å². The molecule has 0 bridgehead atoms. The normalized spacial score (nSPS) is 10.7. The van der Waals surface area contributed by atoms with Crippen LogP contribution in [0.2, 0.25) is 10.0 Å². The van der Waals surface area contributed by atoms with Crippen molar-refractivity contribution < 1.29 is 23.5 Å². The predicted octanol–water partition coefficient (Wildman–Crippen LogP) is 4.36. The van der Waals surface area contributed by atoms with Crippen molar-refractivity contribution in [3.63, 3.8) is 0 Å². The van der Waals surface area contributed by atoms with Crippen LogP contribution in [0.1, 0.15) is 5.76 Å². The summed E-state index contributed by atoms with van der Waals surface area (Å²) in [5.41, 5.74) is 3.14. The molecule has 31 heavy (non-hydrogen) atoms. The number of hydrogen-bond acceptors (Lipinski definition) is 6. The first-order valence-corrected chi connectivity index (χ1v) is 9.58. The van der Waals surface area contributed by atoms with Gasteiger partial charge in [-0.25, -0.2) is 5.43 Å². The highest BCUT2D eigenvalue weighted by molar-refractivity contribution is 6.42. The Morgan fingerprint density at radius 1 is 0.968 bits per heavy atom. The molecular weight excluding hydrogens is 445 g/mol. The summed E-state index contributed by atoms with van der Waals surface area (Å²) in [6.07, 6.45) is 1.26. The Labute approximate surface area is 187 Å². The van der Waals surface area contributed by atoms with Crippen molar-refractivity contribution in [2.24, 2.45) is 5.10 Å². The maximum atomic E-state index is 12.1. The first-order valence-electron chi connectivity index (χ1n) is 8.83. The second kappa shape index (κ2) is 10.0. The number of benzene rings is 2. The van der Waals surface area contributed by atoms with Gasteiger partial charge in [-0.05, 0) is 42.5 Å². The minimum absolute atomic E-state index is 0.281. The number of amides is 2. The molecule has 8 nitrogen and oxygen atoms in total. The lowest BCUT2D eigenvalue weighted by Crippen LogP contribution is -2.32. The second-order valence-electron chi connectivity index (χ2n) is 6.05. The molecule has 0 aliphatic rings. The number of nitrogens with one attached hydrogen (secondary N) is 2. The highest BCUT2D eigenvalue weighted by atomic mass is 35.5. The van der Waals surface area contributed by atoms with E-state index in [2.05, 4.69) is 15.8 Å². The number of rotatable bonds is 6. The van der Waals surface area contributed by atoms with Gasteiger partial charge in [0.05, 0.1) is 36.2 Å². The van der Waals surface area contributed by atoms with E-state index >= 15 is 0 Å². The number of halogens is 2. The van der Waals surface area contributed by atoms with Crippen LogP contribution < -0.4 is 20.2 Å². The molecule has 0 radical (unpaired) electrons. The summed E-state index contributed by atoms with van der Waals surface area (Å²) in [4.78, 5) is 24.2. The Balaban J connectivity index is 1.61. The van der Waals surface area contributed by atoms with Crippen LogP contribution in [0.4, 0.5) is 5.69 Å². The molecular formula is C21H17Cl2N3O5. The molecule has 0 saturated heterocycles. The van der Waals surface area contributed by atoms with Crippen molar-refractivity contribution in [1.82, 2.24) is 5.43 Å². The van der Waals surface area contributed by atoms with Gasteiger partial charge < -0.3 is 19.2 Å². The van der Waals surface area contributed by atoms with Gasteiger partial charge in [-0.2, -0.15) is 5.10 Å². The number of nitrogens with zero attached hydrogens (tertiary/aromatic N) is 1. The standard InChI is InChI=1S/C21H17Cl2N3O5/c1-29-13-4-8-19(30-2)17(10-13)25-20(27)21(28)26-24-11-14-5-7-18(31-14)12-3-6-15(22)16(23)9-12/h3-11H,1-2H3,(H,25,27)(H,26,28)/b24-11+. The predicted molar refractivity (Wildman–Crippen MR) is 118 cm³/mol. The number of hydrogen-bond donors (Lipinski definition) is 2. The minimum atomic E-state index is -0.975. The Hall–Kier alpha value is -3.49. The molecule has 10 heteroatoms. The molecule has 0 aliphatic heterocycles. The van der Waals surface area contributed by atoms with E-state index in [-0.39, 0.29) is 5.69 Å². The van der Waals surface area contributed by atoms with Crippen molar-refractivity contribution in [2.75, 3.05) is 19.5 Å². The summed E-state index contributed by atoms with van der Waals surface area (Å²) < 4.78 is 15.9. The lowest BCUT2D eigenvalue weighted by Gasteiger charge is -2.10. The topological polar surface area (TPSA) is 102 Å². The monoisotopic (exact) mass is 461 g/mol. The van der Waals surface area contributed by atoms with E-state index in [1.54, 1.807) is 42.5 Å². The van der Waals surface area contributed by atoms with E-state index in [1.807, 2.05) is 0 Å². The molecule has 0 aliphatic carbocycles. The average Bonchev–Trinajstić information content (AvgIpc) is 3.24. The van der Waals surface area contributed by atoms with Crippen LogP contribution in [-0.4, -0.2) is 32.2 Å². The fourth-order valence-corrected chi connectivity index (χ4v) is 2.82. The van der Waals surface area contributed by atoms with Crippen molar-refractivity contribution in [2.45, 2.75) is 0 Å². The van der Waals surface area contributed by atoms with Crippen LogP contribution in [-0.2, 0) is 9.59 Å². The number of furan rings is 1. The third kappa shape index (κ3) is 5.56. The van der Waals surface area contributed by atoms with Gasteiger partial charge in [-0.15, -0.1) is 0 Å². The number of ether oxygens (including phenoxy) is 2. The van der Waals surface area contributed by atoms with Gasteiger partial charge in [0.25, 0.3) is 0 Å². The highest BCUT2D eigenvalue weighted by Crippen LogP contribution is 2.30. The van der Waals surface area contributed by atoms with Crippen LogP contribution in [0.3, 0.4) is 0 Å². The van der Waals surface area contributed by atoms with Crippen molar-refractivity contribution in [3.8, 4) is 22.8 Å². The smallest absolute Gasteiger partial charge is 0.329 e. The van der Waals surface area contributed by atoms with E-state index in [0.717, 1.165) is 5.56 Å². The Bertz CT molecular complexity index is 1140. The molecule has 0 spiro atoms. The fourth-order valence-electron chi connectivity index (χ4n) is 2.52. The van der Waals surface area contributed by atoms with Crippen LogP contribution >= 0.6 is 23.2 Å². The first-order chi connectivity index (χ1) is 14.9. The fraction of sp³-hybridized carbons (Fsp3) is 0.0952. The second-order valence-corrected chi connectivity index (χ2v) is 6.86. The molecule has 2 aromatic carbocycles. The van der Waals surface area contributed by atoms with E-state index in [0.29, 0.717) is 33.1 Å². The van der Waals surface area contributed by atoms with Gasteiger partial charge in [0.2, 0.25) is 0 Å². The Morgan fingerprint density at radius 2 is 1.77 bits per heavy atom. The number of carbonyl (C=O) groups is 2. The zero-order chi connectivity index (χ0) is 22.4. The Morgan fingerprint density at radius 3 is 2.48 bits per heavy atom. The molecule has 3 rings (SSSR count). The maximum absolute atomic E-state index is 12.1.